The van der Waals surface area contributed by atoms with Crippen LogP contribution in [0.1, 0.15) is 58.8 Å². The molecule has 1 aliphatic carbocycles. The molecule has 2 heterocycles. The van der Waals surface area contributed by atoms with Gasteiger partial charge in [0, 0.05) is 25.6 Å². The highest BCUT2D eigenvalue weighted by Crippen LogP contribution is 2.44. The maximum Gasteiger partial charge on any atom is 0.289 e. The quantitative estimate of drug-likeness (QED) is 0.746. The molecule has 0 atom stereocenters. The summed E-state index contributed by atoms with van der Waals surface area (Å²) < 4.78 is 5.74. The van der Waals surface area contributed by atoms with Gasteiger partial charge in [0.25, 0.3) is 5.91 Å². The molecular formula is C17H25NO3. The van der Waals surface area contributed by atoms with Gasteiger partial charge in [-0.25, -0.2) is 0 Å². The van der Waals surface area contributed by atoms with Crippen LogP contribution in [0.15, 0.2) is 11.8 Å². The molecule has 1 amide bonds. The molecule has 2 fully saturated rings. The van der Waals surface area contributed by atoms with Crippen LogP contribution in [-0.4, -0.2) is 35.3 Å². The third kappa shape index (κ3) is 2.99. The number of carbonyl (C=O) groups is 2. The van der Waals surface area contributed by atoms with Gasteiger partial charge in [0.1, 0.15) is 5.60 Å². The fraction of sp³-hybridized carbons (Fsp3) is 0.765. The average molecular weight is 291 g/mol. The number of hydrogen-bond donors (Lipinski definition) is 0. The van der Waals surface area contributed by atoms with Crippen LogP contribution in [0.5, 0.6) is 0 Å². The van der Waals surface area contributed by atoms with Crippen molar-refractivity contribution in [2.24, 2.45) is 5.41 Å². The molecule has 0 aromatic carbocycles. The zero-order valence-corrected chi connectivity index (χ0v) is 13.1. The lowest BCUT2D eigenvalue weighted by molar-refractivity contribution is -0.137. The largest absolute Gasteiger partial charge is 0.481 e. The van der Waals surface area contributed by atoms with Crippen molar-refractivity contribution in [2.75, 3.05) is 13.1 Å². The molecule has 1 saturated heterocycles. The fourth-order valence-corrected chi connectivity index (χ4v) is 4.06. The third-order valence-corrected chi connectivity index (χ3v) is 5.13. The molecule has 3 rings (SSSR count). The third-order valence-electron chi connectivity index (χ3n) is 5.13. The number of amides is 1. The molecule has 0 bridgehead atoms. The van der Waals surface area contributed by atoms with E-state index in [-0.39, 0.29) is 17.4 Å². The van der Waals surface area contributed by atoms with E-state index in [1.165, 1.54) is 38.2 Å². The molecule has 2 aliphatic heterocycles. The van der Waals surface area contributed by atoms with Crippen LogP contribution >= 0.6 is 0 Å². The number of rotatable bonds is 1. The van der Waals surface area contributed by atoms with E-state index >= 15 is 0 Å². The van der Waals surface area contributed by atoms with Crippen molar-refractivity contribution >= 4 is 11.7 Å². The molecule has 4 heteroatoms. The molecule has 0 radical (unpaired) electrons. The van der Waals surface area contributed by atoms with Crippen LogP contribution in [-0.2, 0) is 14.3 Å². The maximum atomic E-state index is 12.6. The Hall–Kier alpha value is -1.32. The SMILES string of the molecule is CC1(C)CC(=O)C=C(C(=O)N2CCC3(CCCCC3)C2)O1. The molecule has 3 aliphatic rings. The van der Waals surface area contributed by atoms with Gasteiger partial charge in [0.2, 0.25) is 0 Å². The highest BCUT2D eigenvalue weighted by atomic mass is 16.5. The minimum atomic E-state index is -0.570. The summed E-state index contributed by atoms with van der Waals surface area (Å²) in [5.74, 6) is 0.129. The highest BCUT2D eigenvalue weighted by Gasteiger charge is 2.42. The Labute approximate surface area is 126 Å². The maximum absolute atomic E-state index is 12.6. The Morgan fingerprint density at radius 2 is 1.90 bits per heavy atom. The van der Waals surface area contributed by atoms with Crippen molar-refractivity contribution in [3.05, 3.63) is 11.8 Å². The van der Waals surface area contributed by atoms with E-state index in [1.807, 2.05) is 18.7 Å². The van der Waals surface area contributed by atoms with Gasteiger partial charge in [0.15, 0.2) is 11.5 Å². The number of ketones is 1. The highest BCUT2D eigenvalue weighted by molar-refractivity contribution is 6.01. The molecule has 1 spiro atoms. The molecule has 0 aromatic rings. The Morgan fingerprint density at radius 1 is 1.19 bits per heavy atom. The van der Waals surface area contributed by atoms with Crippen LogP contribution in [0.2, 0.25) is 0 Å². The van der Waals surface area contributed by atoms with Gasteiger partial charge in [-0.05, 0) is 38.5 Å². The summed E-state index contributed by atoms with van der Waals surface area (Å²) in [5, 5.41) is 0. The van der Waals surface area contributed by atoms with Gasteiger partial charge in [-0.15, -0.1) is 0 Å². The number of carbonyl (C=O) groups excluding carboxylic acids is 2. The molecule has 21 heavy (non-hydrogen) atoms. The number of nitrogens with zero attached hydrogens (tertiary/aromatic N) is 1. The lowest BCUT2D eigenvalue weighted by Gasteiger charge is -2.34. The standard InChI is InChI=1S/C17H25NO3/c1-16(2)11-13(19)10-14(21-16)15(20)18-9-8-17(12-18)6-4-3-5-7-17/h10H,3-9,11-12H2,1-2H3. The van der Waals surface area contributed by atoms with Gasteiger partial charge in [-0.2, -0.15) is 0 Å². The summed E-state index contributed by atoms with van der Waals surface area (Å²) >= 11 is 0. The van der Waals surface area contributed by atoms with Gasteiger partial charge < -0.3 is 9.64 Å². The lowest BCUT2D eigenvalue weighted by atomic mass is 9.73. The molecular weight excluding hydrogens is 266 g/mol. The van der Waals surface area contributed by atoms with Gasteiger partial charge in [-0.1, -0.05) is 19.3 Å². The first-order valence-electron chi connectivity index (χ1n) is 8.12. The Morgan fingerprint density at radius 3 is 2.57 bits per heavy atom. The summed E-state index contributed by atoms with van der Waals surface area (Å²) in [4.78, 5) is 26.3. The summed E-state index contributed by atoms with van der Waals surface area (Å²) in [6, 6.07) is 0. The second kappa shape index (κ2) is 5.15. The van der Waals surface area contributed by atoms with Crippen LogP contribution in [0.25, 0.3) is 0 Å². The van der Waals surface area contributed by atoms with Crippen LogP contribution in [0.4, 0.5) is 0 Å². The predicted octanol–water partition coefficient (Wildman–Crippen LogP) is 2.82. The van der Waals surface area contributed by atoms with Gasteiger partial charge in [0.05, 0.1) is 0 Å². The number of likely N-dealkylation sites (tertiary alicyclic amines) is 1. The van der Waals surface area contributed by atoms with E-state index in [2.05, 4.69) is 0 Å². The van der Waals surface area contributed by atoms with Crippen LogP contribution < -0.4 is 0 Å². The van der Waals surface area contributed by atoms with Gasteiger partial charge in [-0.3, -0.25) is 9.59 Å². The Bertz CT molecular complexity index is 486. The first kappa shape index (κ1) is 14.6. The van der Waals surface area contributed by atoms with E-state index in [0.29, 0.717) is 11.8 Å². The van der Waals surface area contributed by atoms with Crippen molar-refractivity contribution < 1.29 is 14.3 Å². The smallest absolute Gasteiger partial charge is 0.289 e. The van der Waals surface area contributed by atoms with Crippen molar-refractivity contribution in [2.45, 2.75) is 64.4 Å². The molecule has 0 aromatic heterocycles. The first-order chi connectivity index (χ1) is 9.89. The summed E-state index contributed by atoms with van der Waals surface area (Å²) in [7, 11) is 0. The molecule has 0 N–H and O–H groups in total. The van der Waals surface area contributed by atoms with E-state index in [9.17, 15) is 9.59 Å². The number of allylic oxidation sites excluding steroid dienone is 1. The van der Waals surface area contributed by atoms with E-state index < -0.39 is 5.60 Å². The second-order valence-electron chi connectivity index (χ2n) is 7.55. The van der Waals surface area contributed by atoms with E-state index in [0.717, 1.165) is 19.5 Å². The molecule has 116 valence electrons. The fourth-order valence-electron chi connectivity index (χ4n) is 4.06. The molecule has 4 nitrogen and oxygen atoms in total. The van der Waals surface area contributed by atoms with E-state index in [4.69, 9.17) is 4.74 Å². The number of hydrogen-bond acceptors (Lipinski definition) is 3. The second-order valence-corrected chi connectivity index (χ2v) is 7.55. The summed E-state index contributed by atoms with van der Waals surface area (Å²) in [6.45, 7) is 5.35. The lowest BCUT2D eigenvalue weighted by Crippen LogP contribution is -2.39. The Balaban J connectivity index is 1.70. The van der Waals surface area contributed by atoms with Crippen LogP contribution in [0.3, 0.4) is 0 Å². The monoisotopic (exact) mass is 291 g/mol. The van der Waals surface area contributed by atoms with Crippen molar-refractivity contribution in [1.29, 1.82) is 0 Å². The van der Waals surface area contributed by atoms with Crippen molar-refractivity contribution in [3.63, 3.8) is 0 Å². The minimum absolute atomic E-state index is 0.0128. The average Bonchev–Trinajstić information content (AvgIpc) is 2.80. The van der Waals surface area contributed by atoms with E-state index in [1.54, 1.807) is 0 Å². The topological polar surface area (TPSA) is 46.6 Å². The van der Waals surface area contributed by atoms with Gasteiger partial charge >= 0.3 is 0 Å². The Kier molecular flexibility index (Phi) is 3.58. The minimum Gasteiger partial charge on any atom is -0.481 e. The van der Waals surface area contributed by atoms with Crippen molar-refractivity contribution in [3.8, 4) is 0 Å². The zero-order chi connectivity index (χ0) is 15.1. The first-order valence-corrected chi connectivity index (χ1v) is 8.12. The van der Waals surface area contributed by atoms with Crippen LogP contribution in [0, 0.1) is 5.41 Å². The molecule has 0 unspecified atom stereocenters. The summed E-state index contributed by atoms with van der Waals surface area (Å²) in [5.41, 5.74) is -0.234. The number of ether oxygens (including phenoxy) is 1. The summed E-state index contributed by atoms with van der Waals surface area (Å²) in [6.07, 6.45) is 9.20. The normalized spacial score (nSPS) is 27.4. The predicted molar refractivity (Wildman–Crippen MR) is 79.6 cm³/mol. The molecule has 1 saturated carbocycles. The zero-order valence-electron chi connectivity index (χ0n) is 13.1. The van der Waals surface area contributed by atoms with Crippen molar-refractivity contribution in [1.82, 2.24) is 4.90 Å².